The lowest BCUT2D eigenvalue weighted by atomic mass is 10.1. The van der Waals surface area contributed by atoms with Crippen LogP contribution in [0.15, 0.2) is 30.3 Å². The third-order valence-electron chi connectivity index (χ3n) is 4.14. The largest absolute Gasteiger partial charge is 0.488 e. The zero-order valence-electron chi connectivity index (χ0n) is 12.6. The number of hydrogen-bond acceptors (Lipinski definition) is 6. The van der Waals surface area contributed by atoms with Gasteiger partial charge in [0.2, 0.25) is 5.13 Å². The van der Waals surface area contributed by atoms with E-state index in [1.165, 1.54) is 35.5 Å². The zero-order chi connectivity index (χ0) is 16.1. The summed E-state index contributed by atoms with van der Waals surface area (Å²) in [7, 11) is 0. The number of anilines is 1. The summed E-state index contributed by atoms with van der Waals surface area (Å²) in [6.45, 7) is 0.501. The number of fused-ring (bicyclic) bond motifs is 3. The van der Waals surface area contributed by atoms with Crippen molar-refractivity contribution in [1.82, 2.24) is 10.2 Å². The van der Waals surface area contributed by atoms with Crippen molar-refractivity contribution in [3.63, 3.8) is 0 Å². The minimum Gasteiger partial charge on any atom is -0.488 e. The van der Waals surface area contributed by atoms with Gasteiger partial charge in [-0.1, -0.05) is 23.5 Å². The van der Waals surface area contributed by atoms with Crippen LogP contribution < -0.4 is 10.1 Å². The fourth-order valence-electron chi connectivity index (χ4n) is 2.75. The summed E-state index contributed by atoms with van der Waals surface area (Å²) >= 11 is 2.97. The van der Waals surface area contributed by atoms with Gasteiger partial charge in [0.15, 0.2) is 0 Å². The monoisotopic (exact) mass is 355 g/mol. The van der Waals surface area contributed by atoms with Gasteiger partial charge in [-0.05, 0) is 31.0 Å². The number of hydrogen-bond donors (Lipinski definition) is 1. The van der Waals surface area contributed by atoms with Crippen molar-refractivity contribution in [2.45, 2.75) is 25.4 Å². The topological polar surface area (TPSA) is 64.1 Å². The summed E-state index contributed by atoms with van der Waals surface area (Å²) in [5.41, 5.74) is 2.11. The third-order valence-corrected chi connectivity index (χ3v) is 6.35. The van der Waals surface area contributed by atoms with Crippen LogP contribution in [0, 0.1) is 0 Å². The molecule has 0 saturated heterocycles. The van der Waals surface area contributed by atoms with E-state index in [1.807, 2.05) is 30.3 Å². The fraction of sp³-hybridized carbons (Fsp3) is 0.235. The molecular formula is C17H13N3O2S2. The van der Waals surface area contributed by atoms with E-state index in [1.54, 1.807) is 0 Å². The lowest BCUT2D eigenvalue weighted by molar-refractivity contribution is 0.103. The van der Waals surface area contributed by atoms with E-state index in [4.69, 9.17) is 4.74 Å². The number of para-hydroxylation sites is 1. The molecule has 1 aliphatic carbocycles. The average Bonchev–Trinajstić information content (AvgIpc) is 3.18. The van der Waals surface area contributed by atoms with Gasteiger partial charge >= 0.3 is 0 Å². The first-order valence-electron chi connectivity index (χ1n) is 7.77. The second kappa shape index (κ2) is 5.39. The normalized spacial score (nSPS) is 15.3. The first kappa shape index (κ1) is 14.1. The molecule has 0 atom stereocenters. The van der Waals surface area contributed by atoms with E-state index in [0.29, 0.717) is 22.5 Å². The van der Waals surface area contributed by atoms with Crippen molar-refractivity contribution >= 4 is 33.7 Å². The highest BCUT2D eigenvalue weighted by atomic mass is 32.1. The summed E-state index contributed by atoms with van der Waals surface area (Å²) in [6, 6.07) is 9.83. The number of amides is 1. The van der Waals surface area contributed by atoms with Crippen LogP contribution in [0.2, 0.25) is 0 Å². The molecule has 0 unspecified atom stereocenters. The highest BCUT2D eigenvalue weighted by Crippen LogP contribution is 2.43. The Kier molecular flexibility index (Phi) is 3.17. The molecule has 5 nitrogen and oxygen atoms in total. The maximum Gasteiger partial charge on any atom is 0.267 e. The van der Waals surface area contributed by atoms with Crippen molar-refractivity contribution in [3.8, 4) is 16.2 Å². The second-order valence-corrected chi connectivity index (χ2v) is 7.98. The molecule has 24 heavy (non-hydrogen) atoms. The summed E-state index contributed by atoms with van der Waals surface area (Å²) < 4.78 is 5.75. The molecular weight excluding hydrogens is 342 g/mol. The minimum absolute atomic E-state index is 0.134. The molecule has 120 valence electrons. The number of ether oxygens (including phenoxy) is 1. The average molecular weight is 355 g/mol. The number of nitrogens with zero attached hydrogens (tertiary/aromatic N) is 2. The Morgan fingerprint density at radius 1 is 1.21 bits per heavy atom. The fourth-order valence-corrected chi connectivity index (χ4v) is 4.75. The predicted octanol–water partition coefficient (Wildman–Crippen LogP) is 4.29. The van der Waals surface area contributed by atoms with Crippen LogP contribution in [0.25, 0.3) is 10.4 Å². The Hall–Kier alpha value is -2.25. The Balaban J connectivity index is 1.41. The molecule has 3 aromatic rings. The molecule has 1 aromatic carbocycles. The van der Waals surface area contributed by atoms with Crippen molar-refractivity contribution in [2.24, 2.45) is 0 Å². The van der Waals surface area contributed by atoms with Gasteiger partial charge in [-0.25, -0.2) is 0 Å². The molecule has 1 fully saturated rings. The van der Waals surface area contributed by atoms with E-state index < -0.39 is 0 Å². The van der Waals surface area contributed by atoms with E-state index in [-0.39, 0.29) is 5.91 Å². The standard InChI is InChI=1S/C17H13N3O2S2/c21-15(18-17-20-19-16(24-17)9-5-6-9)13-7-10-8-22-12-4-2-1-3-11(12)14(10)23-13/h1-4,7,9H,5-6,8H2,(H,18,20,21). The van der Waals surface area contributed by atoms with Gasteiger partial charge < -0.3 is 4.74 Å². The Morgan fingerprint density at radius 2 is 2.08 bits per heavy atom. The minimum atomic E-state index is -0.134. The molecule has 1 saturated carbocycles. The smallest absolute Gasteiger partial charge is 0.267 e. The number of aromatic nitrogens is 2. The van der Waals surface area contributed by atoms with Gasteiger partial charge in [0.05, 0.1) is 4.88 Å². The van der Waals surface area contributed by atoms with Gasteiger partial charge in [-0.2, -0.15) is 0 Å². The van der Waals surface area contributed by atoms with Crippen LogP contribution >= 0.6 is 22.7 Å². The number of thiophene rings is 1. The van der Waals surface area contributed by atoms with Gasteiger partial charge in [0, 0.05) is 21.9 Å². The highest BCUT2D eigenvalue weighted by Gasteiger charge is 2.28. The Labute approximate surface area is 146 Å². The molecule has 0 spiro atoms. The maximum atomic E-state index is 12.5. The highest BCUT2D eigenvalue weighted by molar-refractivity contribution is 7.18. The first-order valence-corrected chi connectivity index (χ1v) is 9.41. The molecule has 0 bridgehead atoms. The van der Waals surface area contributed by atoms with E-state index in [2.05, 4.69) is 15.5 Å². The van der Waals surface area contributed by atoms with Gasteiger partial charge in [0.1, 0.15) is 17.4 Å². The van der Waals surface area contributed by atoms with Crippen LogP contribution in [-0.2, 0) is 6.61 Å². The second-order valence-electron chi connectivity index (χ2n) is 5.92. The zero-order valence-corrected chi connectivity index (χ0v) is 14.2. The number of nitrogens with one attached hydrogen (secondary N) is 1. The third kappa shape index (κ3) is 2.40. The lowest BCUT2D eigenvalue weighted by Gasteiger charge is -2.16. The van der Waals surface area contributed by atoms with Crippen LogP contribution in [0.3, 0.4) is 0 Å². The van der Waals surface area contributed by atoms with Gasteiger partial charge in [0.25, 0.3) is 5.91 Å². The Bertz CT molecular complexity index is 943. The Morgan fingerprint density at radius 3 is 2.96 bits per heavy atom. The number of rotatable bonds is 3. The molecule has 1 aliphatic heterocycles. The summed E-state index contributed by atoms with van der Waals surface area (Å²) in [6.07, 6.45) is 2.36. The van der Waals surface area contributed by atoms with Crippen LogP contribution in [0.1, 0.15) is 39.0 Å². The maximum absolute atomic E-state index is 12.5. The lowest BCUT2D eigenvalue weighted by Crippen LogP contribution is -2.09. The van der Waals surface area contributed by atoms with Gasteiger partial charge in [-0.3, -0.25) is 10.1 Å². The van der Waals surface area contributed by atoms with Crippen molar-refractivity contribution < 1.29 is 9.53 Å². The van der Waals surface area contributed by atoms with Crippen LogP contribution in [-0.4, -0.2) is 16.1 Å². The van der Waals surface area contributed by atoms with E-state index in [0.717, 1.165) is 26.8 Å². The SMILES string of the molecule is O=C(Nc1nnc(C2CC2)s1)c1cc2c(s1)-c1ccccc1OC2. The molecule has 1 amide bonds. The van der Waals surface area contributed by atoms with E-state index in [9.17, 15) is 4.79 Å². The van der Waals surface area contributed by atoms with Crippen LogP contribution in [0.5, 0.6) is 5.75 Å². The molecule has 2 aromatic heterocycles. The quantitative estimate of drug-likeness (QED) is 0.761. The van der Waals surface area contributed by atoms with Crippen LogP contribution in [0.4, 0.5) is 5.13 Å². The molecule has 7 heteroatoms. The van der Waals surface area contributed by atoms with Crippen molar-refractivity contribution in [1.29, 1.82) is 0 Å². The number of carbonyl (C=O) groups excluding carboxylic acids is 1. The summed E-state index contributed by atoms with van der Waals surface area (Å²) in [5, 5.41) is 12.7. The molecule has 1 N–H and O–H groups in total. The molecule has 0 radical (unpaired) electrons. The molecule has 2 aliphatic rings. The van der Waals surface area contributed by atoms with E-state index >= 15 is 0 Å². The first-order chi connectivity index (χ1) is 11.8. The molecule has 5 rings (SSSR count). The number of carbonyl (C=O) groups is 1. The summed E-state index contributed by atoms with van der Waals surface area (Å²) in [4.78, 5) is 14.3. The predicted molar refractivity (Wildman–Crippen MR) is 93.9 cm³/mol. The summed E-state index contributed by atoms with van der Waals surface area (Å²) in [5.74, 6) is 1.29. The van der Waals surface area contributed by atoms with Crippen molar-refractivity contribution in [2.75, 3.05) is 5.32 Å². The number of benzene rings is 1. The molecule has 3 heterocycles. The van der Waals surface area contributed by atoms with Crippen molar-refractivity contribution in [3.05, 3.63) is 45.8 Å². The van der Waals surface area contributed by atoms with Gasteiger partial charge in [-0.15, -0.1) is 21.5 Å².